The lowest BCUT2D eigenvalue weighted by molar-refractivity contribution is -0.0778. The third kappa shape index (κ3) is 2.70. The van der Waals surface area contributed by atoms with Gasteiger partial charge in [-0.3, -0.25) is 0 Å². The van der Waals surface area contributed by atoms with E-state index in [4.69, 9.17) is 13.9 Å². The van der Waals surface area contributed by atoms with Gasteiger partial charge in [-0.25, -0.2) is 0 Å². The van der Waals surface area contributed by atoms with E-state index in [-0.39, 0.29) is 12.4 Å². The fraction of sp³-hybridized carbons (Fsp3) is 0.692. The highest BCUT2D eigenvalue weighted by molar-refractivity contribution is 5.00. The molecule has 0 spiro atoms. The van der Waals surface area contributed by atoms with E-state index in [9.17, 15) is 0 Å². The van der Waals surface area contributed by atoms with Crippen LogP contribution in [0, 0.1) is 0 Å². The molecule has 0 aromatic carbocycles. The van der Waals surface area contributed by atoms with Crippen molar-refractivity contribution in [1.29, 1.82) is 0 Å². The Labute approximate surface area is 101 Å². The van der Waals surface area contributed by atoms with Gasteiger partial charge in [-0.05, 0) is 38.1 Å². The van der Waals surface area contributed by atoms with Crippen molar-refractivity contribution < 1.29 is 13.9 Å². The number of rotatable bonds is 3. The molecule has 2 fully saturated rings. The summed E-state index contributed by atoms with van der Waals surface area (Å²) < 4.78 is 16.8. The first kappa shape index (κ1) is 11.3. The zero-order valence-electron chi connectivity index (χ0n) is 10.0. The molecule has 94 valence electrons. The molecule has 0 radical (unpaired) electrons. The molecule has 4 nitrogen and oxygen atoms in total. The number of hydrogen-bond acceptors (Lipinski definition) is 4. The van der Waals surface area contributed by atoms with Gasteiger partial charge in [0.05, 0.1) is 19.0 Å². The van der Waals surface area contributed by atoms with Crippen molar-refractivity contribution in [3.63, 3.8) is 0 Å². The van der Waals surface area contributed by atoms with Crippen molar-refractivity contribution in [2.24, 2.45) is 0 Å². The first-order valence-corrected chi connectivity index (χ1v) is 6.44. The lowest BCUT2D eigenvalue weighted by Crippen LogP contribution is -2.37. The summed E-state index contributed by atoms with van der Waals surface area (Å²) in [6.07, 6.45) is 5.53. The standard InChI is InChI=1S/C13H19NO3/c1-2-6-14(7-3-1)9-11-10-16-13(17-11)12-5-4-8-15-12/h4-5,8,11,13H,1-3,6-7,9-10H2/t11-,13-/m0/s1. The predicted octanol–water partition coefficient (Wildman–Crippen LogP) is 2.18. The Morgan fingerprint density at radius 1 is 1.24 bits per heavy atom. The summed E-state index contributed by atoms with van der Waals surface area (Å²) in [5.74, 6) is 0.770. The second-order valence-corrected chi connectivity index (χ2v) is 4.80. The van der Waals surface area contributed by atoms with E-state index < -0.39 is 0 Å². The second-order valence-electron chi connectivity index (χ2n) is 4.80. The predicted molar refractivity (Wildman–Crippen MR) is 62.6 cm³/mol. The Bertz CT molecular complexity index is 332. The summed E-state index contributed by atoms with van der Waals surface area (Å²) in [4.78, 5) is 2.47. The van der Waals surface area contributed by atoms with E-state index in [0.717, 1.165) is 12.3 Å². The third-order valence-corrected chi connectivity index (χ3v) is 3.44. The van der Waals surface area contributed by atoms with E-state index in [2.05, 4.69) is 4.90 Å². The fourth-order valence-corrected chi connectivity index (χ4v) is 2.55. The van der Waals surface area contributed by atoms with Gasteiger partial charge in [0.1, 0.15) is 0 Å². The van der Waals surface area contributed by atoms with Gasteiger partial charge >= 0.3 is 0 Å². The lowest BCUT2D eigenvalue weighted by atomic mass is 10.1. The maximum absolute atomic E-state index is 5.85. The SMILES string of the molecule is c1coc([C@H]2OC[C@H](CN3CCCCC3)O2)c1. The molecular weight excluding hydrogens is 218 g/mol. The molecule has 2 atom stereocenters. The van der Waals surface area contributed by atoms with Crippen LogP contribution < -0.4 is 0 Å². The maximum atomic E-state index is 5.85. The second kappa shape index (κ2) is 5.21. The van der Waals surface area contributed by atoms with Crippen LogP contribution in [0.4, 0.5) is 0 Å². The van der Waals surface area contributed by atoms with Crippen LogP contribution in [0.15, 0.2) is 22.8 Å². The van der Waals surface area contributed by atoms with Gasteiger partial charge in [0.15, 0.2) is 5.76 Å². The van der Waals surface area contributed by atoms with Crippen LogP contribution >= 0.6 is 0 Å². The van der Waals surface area contributed by atoms with E-state index >= 15 is 0 Å². The topological polar surface area (TPSA) is 34.8 Å². The average Bonchev–Trinajstić information content (AvgIpc) is 3.00. The maximum Gasteiger partial charge on any atom is 0.217 e. The van der Waals surface area contributed by atoms with Gasteiger partial charge in [0.25, 0.3) is 0 Å². The fourth-order valence-electron chi connectivity index (χ4n) is 2.55. The molecule has 0 unspecified atom stereocenters. The molecule has 0 aliphatic carbocycles. The Kier molecular flexibility index (Phi) is 3.45. The molecule has 3 rings (SSSR count). The first-order valence-electron chi connectivity index (χ1n) is 6.44. The number of nitrogens with zero attached hydrogens (tertiary/aromatic N) is 1. The number of furan rings is 1. The monoisotopic (exact) mass is 237 g/mol. The van der Waals surface area contributed by atoms with E-state index in [0.29, 0.717) is 6.61 Å². The summed E-state index contributed by atoms with van der Waals surface area (Å²) in [6.45, 7) is 4.05. The van der Waals surface area contributed by atoms with Crippen LogP contribution in [0.5, 0.6) is 0 Å². The molecule has 1 aromatic rings. The van der Waals surface area contributed by atoms with Crippen LogP contribution in [0.3, 0.4) is 0 Å². The summed E-state index contributed by atoms with van der Waals surface area (Å²) >= 11 is 0. The van der Waals surface area contributed by atoms with E-state index in [1.54, 1.807) is 6.26 Å². The quantitative estimate of drug-likeness (QED) is 0.807. The molecule has 0 amide bonds. The van der Waals surface area contributed by atoms with Crippen molar-refractivity contribution in [2.45, 2.75) is 31.7 Å². The number of piperidine rings is 1. The third-order valence-electron chi connectivity index (χ3n) is 3.44. The summed E-state index contributed by atoms with van der Waals surface area (Å²) in [5.41, 5.74) is 0. The molecule has 0 saturated carbocycles. The lowest BCUT2D eigenvalue weighted by Gasteiger charge is -2.28. The molecule has 0 bridgehead atoms. The average molecular weight is 237 g/mol. The Balaban J connectivity index is 1.50. The number of ether oxygens (including phenoxy) is 2. The largest absolute Gasteiger partial charge is 0.464 e. The van der Waals surface area contributed by atoms with Gasteiger partial charge in [-0.1, -0.05) is 6.42 Å². The minimum atomic E-state index is -0.306. The highest BCUT2D eigenvalue weighted by atomic mass is 16.7. The minimum Gasteiger partial charge on any atom is -0.464 e. The zero-order chi connectivity index (χ0) is 11.5. The van der Waals surface area contributed by atoms with Crippen molar-refractivity contribution in [3.8, 4) is 0 Å². The van der Waals surface area contributed by atoms with Crippen molar-refractivity contribution in [2.75, 3.05) is 26.2 Å². The Morgan fingerprint density at radius 2 is 2.12 bits per heavy atom. The normalized spacial score (nSPS) is 30.8. The Hall–Kier alpha value is -0.840. The molecule has 3 heterocycles. The highest BCUT2D eigenvalue weighted by Crippen LogP contribution is 2.27. The highest BCUT2D eigenvalue weighted by Gasteiger charge is 2.30. The van der Waals surface area contributed by atoms with Gasteiger partial charge in [0.2, 0.25) is 6.29 Å². The van der Waals surface area contributed by atoms with Crippen molar-refractivity contribution in [3.05, 3.63) is 24.2 Å². The molecule has 1 aromatic heterocycles. The molecular formula is C13H19NO3. The van der Waals surface area contributed by atoms with Crippen LogP contribution in [0.25, 0.3) is 0 Å². The molecule has 2 aliphatic heterocycles. The summed E-state index contributed by atoms with van der Waals surface area (Å²) in [6, 6.07) is 3.76. The van der Waals surface area contributed by atoms with Crippen LogP contribution in [-0.2, 0) is 9.47 Å². The smallest absolute Gasteiger partial charge is 0.217 e. The molecule has 4 heteroatoms. The van der Waals surface area contributed by atoms with E-state index in [1.807, 2.05) is 12.1 Å². The first-order chi connectivity index (χ1) is 8.42. The van der Waals surface area contributed by atoms with E-state index in [1.165, 1.54) is 32.4 Å². The number of hydrogen-bond donors (Lipinski definition) is 0. The van der Waals surface area contributed by atoms with Crippen LogP contribution in [0.2, 0.25) is 0 Å². The zero-order valence-corrected chi connectivity index (χ0v) is 10.0. The van der Waals surface area contributed by atoms with Crippen LogP contribution in [0.1, 0.15) is 31.3 Å². The summed E-state index contributed by atoms with van der Waals surface area (Å²) in [5, 5.41) is 0. The Morgan fingerprint density at radius 3 is 2.88 bits per heavy atom. The molecule has 0 N–H and O–H groups in total. The minimum absolute atomic E-state index is 0.184. The van der Waals surface area contributed by atoms with Gasteiger partial charge in [-0.15, -0.1) is 0 Å². The number of likely N-dealkylation sites (tertiary alicyclic amines) is 1. The van der Waals surface area contributed by atoms with Crippen LogP contribution in [-0.4, -0.2) is 37.2 Å². The molecule has 2 saturated heterocycles. The van der Waals surface area contributed by atoms with Crippen molar-refractivity contribution >= 4 is 0 Å². The van der Waals surface area contributed by atoms with Gasteiger partial charge in [-0.2, -0.15) is 0 Å². The van der Waals surface area contributed by atoms with Gasteiger partial charge < -0.3 is 18.8 Å². The molecule has 2 aliphatic rings. The summed E-state index contributed by atoms with van der Waals surface area (Å²) in [7, 11) is 0. The van der Waals surface area contributed by atoms with Gasteiger partial charge in [0, 0.05) is 6.54 Å². The van der Waals surface area contributed by atoms with Crippen molar-refractivity contribution in [1.82, 2.24) is 4.90 Å². The molecule has 17 heavy (non-hydrogen) atoms.